The molecule has 8 nitrogen and oxygen atoms in total. The van der Waals surface area contributed by atoms with Crippen molar-refractivity contribution in [3.05, 3.63) is 11.3 Å². The van der Waals surface area contributed by atoms with E-state index in [4.69, 9.17) is 11.1 Å². The Labute approximate surface area is 140 Å². The number of nitrogens with zero attached hydrogens (tertiary/aromatic N) is 2. The van der Waals surface area contributed by atoms with Gasteiger partial charge in [0.1, 0.15) is 5.70 Å². The minimum Gasteiger partial charge on any atom is -0.477 e. The quantitative estimate of drug-likeness (QED) is 0.302. The van der Waals surface area contributed by atoms with Crippen LogP contribution in [0.5, 0.6) is 0 Å². The van der Waals surface area contributed by atoms with Crippen molar-refractivity contribution in [2.75, 3.05) is 19.6 Å². The van der Waals surface area contributed by atoms with Crippen molar-refractivity contribution >= 4 is 17.7 Å². The Kier molecular flexibility index (Phi) is 4.13. The number of β-lactam (4-membered cyclic amide) rings is 1. The van der Waals surface area contributed by atoms with Gasteiger partial charge in [-0.25, -0.2) is 4.79 Å². The molecular weight excluding hydrogens is 312 g/mol. The van der Waals surface area contributed by atoms with E-state index in [2.05, 4.69) is 4.90 Å². The normalized spacial score (nSPS) is 34.3. The highest BCUT2D eigenvalue weighted by molar-refractivity contribution is 6.00. The van der Waals surface area contributed by atoms with Crippen LogP contribution in [0.25, 0.3) is 0 Å². The Hall–Kier alpha value is -1.93. The van der Waals surface area contributed by atoms with Crippen LogP contribution in [-0.2, 0) is 9.59 Å². The highest BCUT2D eigenvalue weighted by Gasteiger charge is 2.59. The summed E-state index contributed by atoms with van der Waals surface area (Å²) >= 11 is 0. The maximum atomic E-state index is 12.3. The van der Waals surface area contributed by atoms with Gasteiger partial charge in [0.25, 0.3) is 0 Å². The molecule has 0 saturated carbocycles. The van der Waals surface area contributed by atoms with Gasteiger partial charge >= 0.3 is 5.97 Å². The van der Waals surface area contributed by atoms with Gasteiger partial charge in [-0.05, 0) is 25.5 Å². The van der Waals surface area contributed by atoms with Crippen LogP contribution in [0.3, 0.4) is 0 Å². The Morgan fingerprint density at radius 3 is 2.67 bits per heavy atom. The number of carboxylic acids is 1. The molecule has 2 saturated heterocycles. The van der Waals surface area contributed by atoms with Crippen LogP contribution in [0, 0.1) is 23.2 Å². The lowest BCUT2D eigenvalue weighted by atomic mass is 9.77. The summed E-state index contributed by atoms with van der Waals surface area (Å²) in [4.78, 5) is 27.4. The number of carbonyl (C=O) groups excluding carboxylic acids is 1. The molecule has 8 heteroatoms. The van der Waals surface area contributed by atoms with Crippen LogP contribution in [0.1, 0.15) is 20.3 Å². The lowest BCUT2D eigenvalue weighted by molar-refractivity contribution is -0.163. The number of hydrogen-bond acceptors (Lipinski definition) is 5. The van der Waals surface area contributed by atoms with Crippen LogP contribution < -0.4 is 5.73 Å². The zero-order valence-electron chi connectivity index (χ0n) is 13.9. The summed E-state index contributed by atoms with van der Waals surface area (Å²) in [5.74, 6) is -1.87. The standard InChI is InChI=1S/C16H24N4O4/c1-7-10(6-19-4-3-9(5-19)14(17)18)13(16(23)24)20-12(7)11(8(2)21)15(20)22/h7-9,11-12,21H,3-6H2,1-2H3,(H3,17,18)(H,23,24)/t7?,8-,9+,11?,12?/m1/s1. The number of fused-ring (bicyclic) bond motifs is 1. The third-order valence-electron chi connectivity index (χ3n) is 5.62. The summed E-state index contributed by atoms with van der Waals surface area (Å²) in [5.41, 5.74) is 6.36. The van der Waals surface area contributed by atoms with Crippen molar-refractivity contribution < 1.29 is 19.8 Å². The number of carbonyl (C=O) groups is 2. The zero-order valence-corrected chi connectivity index (χ0v) is 13.9. The molecule has 1 amide bonds. The summed E-state index contributed by atoms with van der Waals surface area (Å²) in [6.45, 7) is 5.34. The van der Waals surface area contributed by atoms with E-state index in [-0.39, 0.29) is 35.3 Å². The Morgan fingerprint density at radius 1 is 1.50 bits per heavy atom. The van der Waals surface area contributed by atoms with Gasteiger partial charge in [-0.3, -0.25) is 15.1 Å². The number of likely N-dealkylation sites (tertiary alicyclic amines) is 1. The number of aliphatic hydroxyl groups excluding tert-OH is 1. The van der Waals surface area contributed by atoms with Gasteiger partial charge in [0.2, 0.25) is 5.91 Å². The fourth-order valence-electron chi connectivity index (χ4n) is 4.32. The van der Waals surface area contributed by atoms with E-state index < -0.39 is 18.0 Å². The molecule has 3 rings (SSSR count). The van der Waals surface area contributed by atoms with Crippen molar-refractivity contribution in [3.8, 4) is 0 Å². The number of aliphatic carboxylic acids is 1. The molecule has 0 aromatic heterocycles. The number of carboxylic acid groups (broad SMARTS) is 1. The Balaban J connectivity index is 1.83. The first kappa shape index (κ1) is 16.9. The maximum Gasteiger partial charge on any atom is 0.352 e. The molecule has 0 aromatic carbocycles. The van der Waals surface area contributed by atoms with Crippen LogP contribution in [0.15, 0.2) is 11.3 Å². The molecule has 0 radical (unpaired) electrons. The summed E-state index contributed by atoms with van der Waals surface area (Å²) in [5, 5.41) is 27.0. The smallest absolute Gasteiger partial charge is 0.352 e. The van der Waals surface area contributed by atoms with Gasteiger partial charge < -0.3 is 20.8 Å². The van der Waals surface area contributed by atoms with E-state index in [0.29, 0.717) is 13.1 Å². The van der Waals surface area contributed by atoms with Gasteiger partial charge in [-0.2, -0.15) is 0 Å². The first-order valence-corrected chi connectivity index (χ1v) is 8.27. The molecule has 2 fully saturated rings. The average molecular weight is 336 g/mol. The monoisotopic (exact) mass is 336 g/mol. The average Bonchev–Trinajstić information content (AvgIpc) is 3.03. The minimum atomic E-state index is -1.10. The molecule has 3 aliphatic heterocycles. The van der Waals surface area contributed by atoms with Crippen molar-refractivity contribution in [2.45, 2.75) is 32.4 Å². The number of nitrogens with two attached hydrogens (primary N) is 1. The van der Waals surface area contributed by atoms with E-state index in [0.717, 1.165) is 18.5 Å². The second-order valence-electron chi connectivity index (χ2n) is 7.11. The van der Waals surface area contributed by atoms with Crippen LogP contribution in [-0.4, -0.2) is 69.5 Å². The van der Waals surface area contributed by atoms with E-state index in [1.54, 1.807) is 6.92 Å². The number of amides is 1. The summed E-state index contributed by atoms with van der Waals surface area (Å²) in [6.07, 6.45) is 0.00590. The summed E-state index contributed by atoms with van der Waals surface area (Å²) in [6, 6.07) is -0.273. The maximum absolute atomic E-state index is 12.3. The number of nitrogens with one attached hydrogen (secondary N) is 1. The van der Waals surface area contributed by atoms with Gasteiger partial charge in [0.05, 0.1) is 23.9 Å². The number of hydrogen-bond donors (Lipinski definition) is 4. The molecular formula is C16H24N4O4. The largest absolute Gasteiger partial charge is 0.477 e. The number of amidine groups is 1. The van der Waals surface area contributed by atoms with Gasteiger partial charge in [0, 0.05) is 24.9 Å². The SMILES string of the molecule is CC1C(CN2CC[C@H](C(=N)N)C2)=C(C(=O)O)N2C(=O)C([C@@H](C)O)C12. The molecule has 0 aromatic rings. The molecule has 0 aliphatic carbocycles. The second kappa shape index (κ2) is 5.86. The van der Waals surface area contributed by atoms with Gasteiger partial charge in [-0.15, -0.1) is 0 Å². The van der Waals surface area contributed by atoms with E-state index in [1.807, 2.05) is 6.92 Å². The molecule has 0 spiro atoms. The van der Waals surface area contributed by atoms with Crippen LogP contribution >= 0.6 is 0 Å². The van der Waals surface area contributed by atoms with Gasteiger partial charge in [-0.1, -0.05) is 6.92 Å². The van der Waals surface area contributed by atoms with E-state index in [1.165, 1.54) is 4.90 Å². The first-order chi connectivity index (χ1) is 11.2. The number of rotatable bonds is 5. The predicted octanol–water partition coefficient (Wildman–Crippen LogP) is -0.560. The van der Waals surface area contributed by atoms with Crippen molar-refractivity contribution in [2.24, 2.45) is 23.5 Å². The predicted molar refractivity (Wildman–Crippen MR) is 86.1 cm³/mol. The Morgan fingerprint density at radius 2 is 2.17 bits per heavy atom. The minimum absolute atomic E-state index is 0.0134. The third kappa shape index (κ3) is 2.41. The molecule has 3 aliphatic rings. The second-order valence-corrected chi connectivity index (χ2v) is 7.11. The zero-order chi connectivity index (χ0) is 17.8. The summed E-state index contributed by atoms with van der Waals surface area (Å²) in [7, 11) is 0. The molecule has 5 N–H and O–H groups in total. The molecule has 0 bridgehead atoms. The lowest BCUT2D eigenvalue weighted by Crippen LogP contribution is -2.63. The third-order valence-corrected chi connectivity index (χ3v) is 5.62. The van der Waals surface area contributed by atoms with Crippen LogP contribution in [0.4, 0.5) is 0 Å². The fourth-order valence-corrected chi connectivity index (χ4v) is 4.32. The summed E-state index contributed by atoms with van der Waals surface area (Å²) < 4.78 is 0. The van der Waals surface area contributed by atoms with E-state index in [9.17, 15) is 19.8 Å². The molecule has 5 atom stereocenters. The van der Waals surface area contributed by atoms with Gasteiger partial charge in [0.15, 0.2) is 0 Å². The molecule has 132 valence electrons. The molecule has 24 heavy (non-hydrogen) atoms. The first-order valence-electron chi connectivity index (χ1n) is 8.27. The van der Waals surface area contributed by atoms with Crippen molar-refractivity contribution in [3.63, 3.8) is 0 Å². The fraction of sp³-hybridized carbons (Fsp3) is 0.688. The Bertz CT molecular complexity index is 630. The van der Waals surface area contributed by atoms with Crippen molar-refractivity contribution in [1.82, 2.24) is 9.80 Å². The van der Waals surface area contributed by atoms with Crippen LogP contribution in [0.2, 0.25) is 0 Å². The topological polar surface area (TPSA) is 131 Å². The highest BCUT2D eigenvalue weighted by Crippen LogP contribution is 2.47. The highest BCUT2D eigenvalue weighted by atomic mass is 16.4. The molecule has 3 heterocycles. The van der Waals surface area contributed by atoms with Crippen molar-refractivity contribution in [1.29, 1.82) is 5.41 Å². The van der Waals surface area contributed by atoms with E-state index >= 15 is 0 Å². The lowest BCUT2D eigenvalue weighted by Gasteiger charge is -2.46. The molecule has 3 unspecified atom stereocenters. The number of aliphatic hydroxyl groups is 1.